The second kappa shape index (κ2) is 10.2. The molecular formula is CCo2O7S. The van der Waals surface area contributed by atoms with Crippen LogP contribution in [-0.2, 0) is 44.0 Å². The monoisotopic (exact) mass is 274 g/mol. The molecule has 0 spiro atoms. The Labute approximate surface area is 82.8 Å². The Balaban J connectivity index is -0.0000000383. The average molecular weight is 274 g/mol. The van der Waals surface area contributed by atoms with Gasteiger partial charge in [0.2, 0.25) is 0 Å². The summed E-state index contributed by atoms with van der Waals surface area (Å²) in [6.07, 6.45) is -2.33. The molecule has 0 fully saturated rings. The molecule has 0 rings (SSSR count). The van der Waals surface area contributed by atoms with Crippen molar-refractivity contribution in [2.75, 3.05) is 0 Å². The minimum atomic E-state index is -5.17. The third kappa shape index (κ3) is 28800. The zero-order valence-corrected chi connectivity index (χ0v) is 7.33. The van der Waals surface area contributed by atoms with Crippen LogP contribution in [0.15, 0.2) is 0 Å². The van der Waals surface area contributed by atoms with Crippen molar-refractivity contribution in [2.45, 2.75) is 0 Å². The van der Waals surface area contributed by atoms with Crippen LogP contribution in [0.1, 0.15) is 0 Å². The van der Waals surface area contributed by atoms with Gasteiger partial charge in [-0.1, -0.05) is 0 Å². The summed E-state index contributed by atoms with van der Waals surface area (Å²) in [6, 6.07) is 0. The standard InChI is InChI=1S/CH2O3.2Co.H2O4S/c2-1(3)4;;;1-5(2,3)4/h(H2,2,3,4);;;(H2,1,2,3,4)/q;2*+2;/p-4. The van der Waals surface area contributed by atoms with Crippen molar-refractivity contribution >= 4 is 16.6 Å². The van der Waals surface area contributed by atoms with E-state index in [1.807, 2.05) is 0 Å². The zero-order chi connectivity index (χ0) is 8.08. The van der Waals surface area contributed by atoms with Gasteiger partial charge in [-0.15, -0.1) is 0 Å². The van der Waals surface area contributed by atoms with Crippen molar-refractivity contribution < 1.29 is 66.1 Å². The molecule has 11 heavy (non-hydrogen) atoms. The summed E-state index contributed by atoms with van der Waals surface area (Å²) in [4.78, 5) is 8.33. The third-order valence-electron chi connectivity index (χ3n) is 0. The number of carboxylic acid groups (broad SMARTS) is 2. The van der Waals surface area contributed by atoms with E-state index in [0.717, 1.165) is 0 Å². The fraction of sp³-hybridized carbons (Fsp3) is 0. The van der Waals surface area contributed by atoms with Gasteiger partial charge in [0.25, 0.3) is 0 Å². The van der Waals surface area contributed by atoms with Crippen LogP contribution >= 0.6 is 0 Å². The second-order valence-corrected chi connectivity index (χ2v) is 1.47. The van der Waals surface area contributed by atoms with Crippen molar-refractivity contribution in [3.63, 3.8) is 0 Å². The minimum Gasteiger partial charge on any atom is -0.759 e. The van der Waals surface area contributed by atoms with Gasteiger partial charge in [-0.25, -0.2) is 0 Å². The molecular weight excluding hydrogens is 274 g/mol. The van der Waals surface area contributed by atoms with E-state index in [2.05, 4.69) is 0 Å². The maximum Gasteiger partial charge on any atom is 2.00 e. The minimum absolute atomic E-state index is 0. The van der Waals surface area contributed by atoms with Crippen molar-refractivity contribution in [2.24, 2.45) is 0 Å². The van der Waals surface area contributed by atoms with Crippen molar-refractivity contribution in [1.29, 1.82) is 0 Å². The maximum atomic E-state index is 8.52. The molecule has 0 N–H and O–H groups in total. The summed E-state index contributed by atoms with van der Waals surface area (Å²) >= 11 is 0. The first-order valence-electron chi connectivity index (χ1n) is 1.28. The quantitative estimate of drug-likeness (QED) is 0.325. The number of hydrogen-bond donors (Lipinski definition) is 0. The Kier molecular flexibility index (Phi) is 20.7. The van der Waals surface area contributed by atoms with Crippen LogP contribution in [0.25, 0.3) is 0 Å². The van der Waals surface area contributed by atoms with Gasteiger partial charge >= 0.3 is 33.6 Å². The molecule has 0 heterocycles. The second-order valence-electron chi connectivity index (χ2n) is 0.658. The van der Waals surface area contributed by atoms with Gasteiger partial charge < -0.3 is 24.1 Å². The molecule has 70 valence electrons. The Morgan fingerprint density at radius 3 is 1.00 bits per heavy atom. The van der Waals surface area contributed by atoms with Gasteiger partial charge in [-0.05, 0) is 6.16 Å². The maximum absolute atomic E-state index is 8.52. The fourth-order valence-corrected chi connectivity index (χ4v) is 0. The molecule has 0 amide bonds. The molecule has 0 aliphatic heterocycles. The zero-order valence-electron chi connectivity index (χ0n) is 4.43. The van der Waals surface area contributed by atoms with Gasteiger partial charge in [-0.3, -0.25) is 8.42 Å². The van der Waals surface area contributed by atoms with E-state index in [0.29, 0.717) is 0 Å². The Morgan fingerprint density at radius 1 is 1.00 bits per heavy atom. The average Bonchev–Trinajstić information content (AvgIpc) is 1.19. The SMILES string of the molecule is O=C([O-])[O-].O=S(=O)([O-])[O-].[Co+2].[Co+2]. The Bertz CT molecular complexity index is 159. The summed E-state index contributed by atoms with van der Waals surface area (Å²) in [5.41, 5.74) is 0. The van der Waals surface area contributed by atoms with Gasteiger partial charge in [0, 0.05) is 10.4 Å². The largest absolute Gasteiger partial charge is 2.00 e. The topological polar surface area (TPSA) is 143 Å². The third-order valence-corrected chi connectivity index (χ3v) is 0. The summed E-state index contributed by atoms with van der Waals surface area (Å²) in [5.74, 6) is 0. The number of rotatable bonds is 0. The molecule has 0 aliphatic rings. The molecule has 7 nitrogen and oxygen atoms in total. The van der Waals surface area contributed by atoms with Gasteiger partial charge in [0.15, 0.2) is 0 Å². The predicted molar refractivity (Wildman–Crippen MR) is 15.9 cm³/mol. The van der Waals surface area contributed by atoms with Gasteiger partial charge in [0.05, 0.1) is 0 Å². The predicted octanol–water partition coefficient (Wildman–Crippen LogP) is -3.79. The molecule has 0 saturated heterocycles. The summed E-state index contributed by atoms with van der Waals surface area (Å²) in [6.45, 7) is 0. The van der Waals surface area contributed by atoms with Crippen LogP contribution in [0.2, 0.25) is 0 Å². The van der Waals surface area contributed by atoms with Crippen LogP contribution in [0, 0.1) is 0 Å². The van der Waals surface area contributed by atoms with E-state index in [1.54, 1.807) is 0 Å². The molecule has 0 aromatic carbocycles. The van der Waals surface area contributed by atoms with E-state index in [9.17, 15) is 0 Å². The molecule has 0 aromatic rings. The summed E-state index contributed by atoms with van der Waals surface area (Å²) < 4.78 is 34.1. The van der Waals surface area contributed by atoms with E-state index in [4.69, 9.17) is 32.5 Å². The molecule has 10 heteroatoms. The fourth-order valence-electron chi connectivity index (χ4n) is 0. The first-order valence-corrected chi connectivity index (χ1v) is 2.61. The Morgan fingerprint density at radius 2 is 1.00 bits per heavy atom. The van der Waals surface area contributed by atoms with Crippen LogP contribution in [0.4, 0.5) is 4.79 Å². The van der Waals surface area contributed by atoms with Crippen LogP contribution < -0.4 is 10.2 Å². The number of carbonyl (C=O) groups excluding carboxylic acids is 1. The number of hydrogen-bond acceptors (Lipinski definition) is 7. The Hall–Kier alpha value is 0.153. The van der Waals surface area contributed by atoms with Crippen molar-refractivity contribution in [3.05, 3.63) is 0 Å². The van der Waals surface area contributed by atoms with E-state index in [-0.39, 0.29) is 33.6 Å². The van der Waals surface area contributed by atoms with Crippen LogP contribution in [0.3, 0.4) is 0 Å². The van der Waals surface area contributed by atoms with E-state index in [1.165, 1.54) is 0 Å². The van der Waals surface area contributed by atoms with Crippen molar-refractivity contribution in [3.8, 4) is 0 Å². The molecule has 2 radical (unpaired) electrons. The van der Waals surface area contributed by atoms with Crippen LogP contribution in [-0.4, -0.2) is 23.7 Å². The normalized spacial score (nSPS) is 7.45. The van der Waals surface area contributed by atoms with E-state index < -0.39 is 16.6 Å². The van der Waals surface area contributed by atoms with Gasteiger partial charge in [-0.2, -0.15) is 0 Å². The molecule has 0 aromatic heterocycles. The molecule has 0 bridgehead atoms. The first kappa shape index (κ1) is 22.5. The van der Waals surface area contributed by atoms with E-state index >= 15 is 0 Å². The molecule has 0 unspecified atom stereocenters. The number of carbonyl (C=O) groups is 1. The summed E-state index contributed by atoms with van der Waals surface area (Å²) in [5, 5.41) is 16.7. The van der Waals surface area contributed by atoms with Crippen LogP contribution in [0.5, 0.6) is 0 Å². The smallest absolute Gasteiger partial charge is 0.759 e. The molecule has 0 saturated carbocycles. The molecule has 0 aliphatic carbocycles. The first-order chi connectivity index (χ1) is 3.73. The van der Waals surface area contributed by atoms with Gasteiger partial charge in [0.1, 0.15) is 0 Å². The molecule has 0 atom stereocenters. The van der Waals surface area contributed by atoms with Crippen molar-refractivity contribution in [1.82, 2.24) is 0 Å². The summed E-state index contributed by atoms with van der Waals surface area (Å²) in [7, 11) is -5.17.